The Balaban J connectivity index is 3.41. The summed E-state index contributed by atoms with van der Waals surface area (Å²) < 4.78 is 18.2. The van der Waals surface area contributed by atoms with Crippen LogP contribution in [0.3, 0.4) is 0 Å². The van der Waals surface area contributed by atoms with Crippen molar-refractivity contribution in [2.24, 2.45) is 4.99 Å². The molecule has 9 heteroatoms. The maximum absolute atomic E-state index is 13.4. The summed E-state index contributed by atoms with van der Waals surface area (Å²) in [6.07, 6.45) is 0. The highest BCUT2D eigenvalue weighted by molar-refractivity contribution is 9.10. The minimum absolute atomic E-state index is 0.00846. The smallest absolute Gasteiger partial charge is 0.339 e. The molecule has 0 unspecified atom stereocenters. The Morgan fingerprint density at radius 2 is 2.26 bits per heavy atom. The van der Waals surface area contributed by atoms with Gasteiger partial charge in [0.05, 0.1) is 22.8 Å². The molecule has 1 aromatic carbocycles. The Morgan fingerprint density at radius 3 is 2.74 bits per heavy atom. The first-order valence-corrected chi connectivity index (χ1v) is 7.66. The first kappa shape index (κ1) is 16.5. The van der Waals surface area contributed by atoms with E-state index in [1.807, 2.05) is 0 Å². The van der Waals surface area contributed by atoms with Crippen LogP contribution in [0.5, 0.6) is 0 Å². The van der Waals surface area contributed by atoms with E-state index < -0.39 is 11.8 Å². The summed E-state index contributed by atoms with van der Waals surface area (Å²) >= 11 is 12.5. The molecule has 1 aromatic rings. The Morgan fingerprint density at radius 1 is 1.63 bits per heavy atom. The van der Waals surface area contributed by atoms with Gasteiger partial charge < -0.3 is 4.74 Å². The van der Waals surface area contributed by atoms with Gasteiger partial charge in [-0.1, -0.05) is 11.6 Å². The van der Waals surface area contributed by atoms with Gasteiger partial charge >= 0.3 is 5.97 Å². The molecule has 0 amide bonds. The maximum Gasteiger partial charge on any atom is 0.339 e. The number of benzene rings is 1. The number of ether oxygens (including phenoxy) is 1. The van der Waals surface area contributed by atoms with E-state index >= 15 is 0 Å². The largest absolute Gasteiger partial charge is 0.465 e. The van der Waals surface area contributed by atoms with Crippen LogP contribution in [0.2, 0.25) is 0 Å². The minimum Gasteiger partial charge on any atom is -0.465 e. The molecule has 0 aliphatic heterocycles. The molecule has 0 aliphatic carbocycles. The topological polar surface area (TPSA) is 62.5 Å². The minimum atomic E-state index is -0.705. The predicted molar refractivity (Wildman–Crippen MR) is 82.7 cm³/mol. The van der Waals surface area contributed by atoms with Gasteiger partial charge in [0, 0.05) is 6.07 Å². The zero-order valence-electron chi connectivity index (χ0n) is 9.41. The number of aliphatic imine (C=N–C) groups is 1. The zero-order valence-corrected chi connectivity index (χ0v) is 13.5. The highest BCUT2D eigenvalue weighted by Gasteiger charge is 2.16. The van der Waals surface area contributed by atoms with Gasteiger partial charge in [0.25, 0.3) is 0 Å². The zero-order chi connectivity index (χ0) is 14.6. The molecule has 4 nitrogen and oxygen atoms in total. The number of thiol groups is 1. The van der Waals surface area contributed by atoms with E-state index in [1.54, 1.807) is 0 Å². The number of esters is 1. The standard InChI is InChI=1S/C10H7BrClFN2O2S2/c1-17-10(16)5-2-4(13)3-6(7(5)11)15-9(19-18)8(12)14/h2-3,14,18H,1H3/b14-8?,15-9-. The third kappa shape index (κ3) is 4.20. The van der Waals surface area contributed by atoms with E-state index in [0.717, 1.165) is 22.9 Å². The summed E-state index contributed by atoms with van der Waals surface area (Å²) in [6, 6.07) is 2.12. The summed E-state index contributed by atoms with van der Waals surface area (Å²) in [6.45, 7) is 0. The van der Waals surface area contributed by atoms with Crippen molar-refractivity contribution in [3.05, 3.63) is 28.0 Å². The van der Waals surface area contributed by atoms with E-state index in [9.17, 15) is 9.18 Å². The van der Waals surface area contributed by atoms with Gasteiger partial charge in [-0.2, -0.15) is 0 Å². The Bertz CT molecular complexity index is 569. The van der Waals surface area contributed by atoms with E-state index in [0.29, 0.717) is 0 Å². The van der Waals surface area contributed by atoms with Gasteiger partial charge in [-0.25, -0.2) is 14.2 Å². The van der Waals surface area contributed by atoms with Gasteiger partial charge in [0.1, 0.15) is 10.9 Å². The van der Waals surface area contributed by atoms with Crippen molar-refractivity contribution in [2.45, 2.75) is 0 Å². The van der Waals surface area contributed by atoms with Crippen LogP contribution in [0, 0.1) is 11.2 Å². The first-order chi connectivity index (χ1) is 8.90. The number of halogens is 3. The molecule has 0 spiro atoms. The van der Waals surface area contributed by atoms with Gasteiger partial charge in [-0.3, -0.25) is 5.41 Å². The van der Waals surface area contributed by atoms with E-state index in [4.69, 9.17) is 17.0 Å². The summed E-state index contributed by atoms with van der Waals surface area (Å²) in [5.41, 5.74) is 0.105. The van der Waals surface area contributed by atoms with Crippen LogP contribution in [0.4, 0.5) is 10.1 Å². The van der Waals surface area contributed by atoms with Crippen molar-refractivity contribution in [1.29, 1.82) is 5.41 Å². The van der Waals surface area contributed by atoms with Crippen LogP contribution < -0.4 is 0 Å². The number of methoxy groups -OCH3 is 1. The molecule has 0 fully saturated rings. The number of rotatable bonds is 3. The van der Waals surface area contributed by atoms with Crippen LogP contribution in [0.1, 0.15) is 10.4 Å². The summed E-state index contributed by atoms with van der Waals surface area (Å²) in [7, 11) is 2.02. The van der Waals surface area contributed by atoms with Crippen molar-refractivity contribution in [3.63, 3.8) is 0 Å². The highest BCUT2D eigenvalue weighted by atomic mass is 79.9. The molecule has 0 heterocycles. The molecular weight excluding hydrogens is 379 g/mol. The van der Waals surface area contributed by atoms with Crippen LogP contribution in [-0.2, 0) is 4.74 Å². The Hall–Kier alpha value is -0.570. The summed E-state index contributed by atoms with van der Waals surface area (Å²) in [5.74, 6) is -1.36. The normalized spacial score (nSPS) is 11.3. The summed E-state index contributed by atoms with van der Waals surface area (Å²) in [4.78, 5) is 15.4. The monoisotopic (exact) mass is 384 g/mol. The predicted octanol–water partition coefficient (Wildman–Crippen LogP) is 4.20. The van der Waals surface area contributed by atoms with E-state index in [2.05, 4.69) is 37.3 Å². The fourth-order valence-electron chi connectivity index (χ4n) is 1.13. The summed E-state index contributed by atoms with van der Waals surface area (Å²) in [5, 5.41) is 7.00. The van der Waals surface area contributed by atoms with Crippen molar-refractivity contribution in [1.82, 2.24) is 0 Å². The third-order valence-electron chi connectivity index (χ3n) is 1.92. The average molecular weight is 386 g/mol. The Labute approximate surface area is 131 Å². The van der Waals surface area contributed by atoms with Crippen molar-refractivity contribution < 1.29 is 13.9 Å². The number of nitrogens with zero attached hydrogens (tertiary/aromatic N) is 1. The van der Waals surface area contributed by atoms with Crippen molar-refractivity contribution in [2.75, 3.05) is 7.11 Å². The van der Waals surface area contributed by atoms with E-state index in [1.165, 1.54) is 7.11 Å². The van der Waals surface area contributed by atoms with Crippen LogP contribution in [-0.4, -0.2) is 23.3 Å². The number of nitrogens with one attached hydrogen (secondary N) is 1. The number of hydrogen-bond acceptors (Lipinski definition) is 6. The molecule has 0 bridgehead atoms. The maximum atomic E-state index is 13.4. The van der Waals surface area contributed by atoms with Crippen molar-refractivity contribution in [3.8, 4) is 0 Å². The molecule has 0 aliphatic rings. The fraction of sp³-hybridized carbons (Fsp3) is 0.100. The lowest BCUT2D eigenvalue weighted by molar-refractivity contribution is 0.0599. The molecule has 19 heavy (non-hydrogen) atoms. The first-order valence-electron chi connectivity index (χ1n) is 4.62. The van der Waals surface area contributed by atoms with E-state index in [-0.39, 0.29) is 25.9 Å². The molecule has 1 rings (SSSR count). The van der Waals surface area contributed by atoms with Crippen molar-refractivity contribution >= 4 is 71.9 Å². The van der Waals surface area contributed by atoms with Gasteiger partial charge in [-0.15, -0.1) is 11.7 Å². The number of carbonyl (C=O) groups is 1. The quantitative estimate of drug-likeness (QED) is 0.269. The van der Waals surface area contributed by atoms with Crippen LogP contribution in [0.25, 0.3) is 0 Å². The fourth-order valence-corrected chi connectivity index (χ4v) is 2.55. The van der Waals surface area contributed by atoms with Crippen LogP contribution in [0.15, 0.2) is 21.6 Å². The number of hydrogen-bond donors (Lipinski definition) is 2. The SMILES string of the molecule is COC(=O)c1cc(F)cc(/N=C(\SS)C(=N)Cl)c1Br. The molecule has 0 atom stereocenters. The van der Waals surface area contributed by atoms with Gasteiger partial charge in [-0.05, 0) is 32.8 Å². The molecule has 1 N–H and O–H groups in total. The lowest BCUT2D eigenvalue weighted by Crippen LogP contribution is -2.04. The second-order valence-corrected chi connectivity index (χ2v) is 5.39. The van der Waals surface area contributed by atoms with Gasteiger partial charge in [0.15, 0.2) is 5.17 Å². The van der Waals surface area contributed by atoms with Crippen LogP contribution >= 0.6 is 50.0 Å². The molecular formula is C10H7BrClFN2O2S2. The molecule has 0 saturated heterocycles. The number of carbonyl (C=O) groups excluding carboxylic acids is 1. The lowest BCUT2D eigenvalue weighted by Gasteiger charge is -2.07. The third-order valence-corrected chi connectivity index (χ3v) is 4.03. The molecule has 0 saturated carbocycles. The highest BCUT2D eigenvalue weighted by Crippen LogP contribution is 2.32. The van der Waals surface area contributed by atoms with Gasteiger partial charge in [0.2, 0.25) is 0 Å². The average Bonchev–Trinajstić information content (AvgIpc) is 2.37. The molecule has 0 aromatic heterocycles. The second kappa shape index (κ2) is 7.28. The molecule has 0 radical (unpaired) electrons. The Kier molecular flexibility index (Phi) is 6.31. The second-order valence-electron chi connectivity index (χ2n) is 3.10. The lowest BCUT2D eigenvalue weighted by atomic mass is 10.2. The molecule has 102 valence electrons.